The van der Waals surface area contributed by atoms with Crippen LogP contribution in [-0.4, -0.2) is 23.0 Å². The fourth-order valence-electron chi connectivity index (χ4n) is 2.64. The first-order valence-corrected chi connectivity index (χ1v) is 11.1. The van der Waals surface area contributed by atoms with Crippen molar-refractivity contribution in [1.29, 1.82) is 0 Å². The number of nitrogens with one attached hydrogen (secondary N) is 1. The topological polar surface area (TPSA) is 68.3 Å². The van der Waals surface area contributed by atoms with Gasteiger partial charge in [-0.3, -0.25) is 9.59 Å². The Kier molecular flexibility index (Phi) is 6.49. The Balaban J connectivity index is 1.52. The molecule has 1 atom stereocenters. The molecule has 1 aromatic carbocycles. The molecule has 152 valence electrons. The summed E-state index contributed by atoms with van der Waals surface area (Å²) in [6.45, 7) is 7.96. The van der Waals surface area contributed by atoms with Crippen molar-refractivity contribution in [2.24, 2.45) is 0 Å². The molecular formula is C22H24N2O3S2. The summed E-state index contributed by atoms with van der Waals surface area (Å²) >= 11 is 3.09. The van der Waals surface area contributed by atoms with E-state index in [1.165, 1.54) is 16.9 Å². The van der Waals surface area contributed by atoms with Crippen LogP contribution in [0, 0.1) is 0 Å². The molecule has 29 heavy (non-hydrogen) atoms. The predicted molar refractivity (Wildman–Crippen MR) is 118 cm³/mol. The molecule has 7 heteroatoms. The molecule has 3 aromatic rings. The zero-order valence-corrected chi connectivity index (χ0v) is 18.5. The van der Waals surface area contributed by atoms with Gasteiger partial charge in [0, 0.05) is 22.0 Å². The lowest BCUT2D eigenvalue weighted by atomic mass is 9.87. The molecule has 0 aliphatic heterocycles. The van der Waals surface area contributed by atoms with Gasteiger partial charge >= 0.3 is 5.97 Å². The van der Waals surface area contributed by atoms with E-state index < -0.39 is 12.1 Å². The Morgan fingerprint density at radius 3 is 2.48 bits per heavy atom. The zero-order valence-electron chi connectivity index (χ0n) is 16.9. The summed E-state index contributed by atoms with van der Waals surface area (Å²) in [5.74, 6) is -0.836. The zero-order chi connectivity index (χ0) is 21.0. The van der Waals surface area contributed by atoms with Crippen molar-refractivity contribution in [3.63, 3.8) is 0 Å². The Morgan fingerprint density at radius 1 is 1.14 bits per heavy atom. The Bertz CT molecular complexity index is 970. The van der Waals surface area contributed by atoms with E-state index in [1.807, 2.05) is 46.5 Å². The number of rotatable bonds is 6. The number of aromatic nitrogens is 1. The predicted octanol–water partition coefficient (Wildman–Crippen LogP) is 5.28. The lowest BCUT2D eigenvalue weighted by Gasteiger charge is -2.19. The third kappa shape index (κ3) is 5.74. The highest BCUT2D eigenvalue weighted by Crippen LogP contribution is 2.26. The van der Waals surface area contributed by atoms with Crippen molar-refractivity contribution >= 4 is 40.2 Å². The first-order chi connectivity index (χ1) is 13.7. The van der Waals surface area contributed by atoms with E-state index in [1.54, 1.807) is 18.3 Å². The van der Waals surface area contributed by atoms with Crippen LogP contribution in [-0.2, 0) is 26.2 Å². The van der Waals surface area contributed by atoms with Crippen LogP contribution in [0.15, 0.2) is 46.5 Å². The number of amides is 1. The molecule has 0 aliphatic rings. The third-order valence-corrected chi connectivity index (χ3v) is 5.96. The fourth-order valence-corrected chi connectivity index (χ4v) is 4.18. The van der Waals surface area contributed by atoms with Gasteiger partial charge in [0.15, 0.2) is 6.10 Å². The van der Waals surface area contributed by atoms with Gasteiger partial charge in [-0.25, -0.2) is 4.98 Å². The number of hydrogen-bond donors (Lipinski definition) is 1. The molecule has 0 saturated heterocycles. The Labute approximate surface area is 178 Å². The van der Waals surface area contributed by atoms with E-state index in [2.05, 4.69) is 31.1 Å². The van der Waals surface area contributed by atoms with Gasteiger partial charge < -0.3 is 10.1 Å². The summed E-state index contributed by atoms with van der Waals surface area (Å²) in [6, 6.07) is 9.67. The highest BCUT2D eigenvalue weighted by molar-refractivity contribution is 7.14. The largest absolute Gasteiger partial charge is 0.452 e. The van der Waals surface area contributed by atoms with Crippen LogP contribution >= 0.6 is 22.7 Å². The maximum Gasteiger partial charge on any atom is 0.312 e. The molecule has 3 rings (SSSR count). The molecule has 5 nitrogen and oxygen atoms in total. The van der Waals surface area contributed by atoms with Gasteiger partial charge in [0.05, 0.1) is 12.1 Å². The van der Waals surface area contributed by atoms with Gasteiger partial charge in [-0.1, -0.05) is 32.9 Å². The SMILES string of the molecule is CC(OC(=O)Cc1csc(-c2ccsc2)n1)C(=O)Nc1ccc(C(C)(C)C)cc1. The minimum absolute atomic E-state index is 0.0402. The van der Waals surface area contributed by atoms with Gasteiger partial charge in [-0.05, 0) is 41.5 Å². The molecule has 1 amide bonds. The number of carbonyl (C=O) groups excluding carboxylic acids is 2. The molecule has 0 radical (unpaired) electrons. The molecule has 0 fully saturated rings. The number of carbonyl (C=O) groups is 2. The smallest absolute Gasteiger partial charge is 0.312 e. The summed E-state index contributed by atoms with van der Waals surface area (Å²) in [7, 11) is 0. The standard InChI is InChI=1S/C22H24N2O3S2/c1-14(20(26)23-17-7-5-16(6-8-17)22(2,3)4)27-19(25)11-18-13-29-21(24-18)15-9-10-28-12-15/h5-10,12-14H,11H2,1-4H3,(H,23,26). The second-order valence-electron chi connectivity index (χ2n) is 7.78. The fraction of sp³-hybridized carbons (Fsp3) is 0.318. The van der Waals surface area contributed by atoms with Crippen LogP contribution in [0.25, 0.3) is 10.6 Å². The number of thiazole rings is 1. The van der Waals surface area contributed by atoms with Crippen LogP contribution in [0.2, 0.25) is 0 Å². The van der Waals surface area contributed by atoms with Crippen molar-refractivity contribution in [2.45, 2.75) is 45.6 Å². The molecule has 0 bridgehead atoms. The van der Waals surface area contributed by atoms with Crippen LogP contribution in [0.5, 0.6) is 0 Å². The second kappa shape index (κ2) is 8.88. The van der Waals surface area contributed by atoms with Gasteiger partial charge in [-0.15, -0.1) is 11.3 Å². The van der Waals surface area contributed by atoms with Crippen LogP contribution in [0.4, 0.5) is 5.69 Å². The van der Waals surface area contributed by atoms with Gasteiger partial charge in [-0.2, -0.15) is 11.3 Å². The first kappa shape index (κ1) is 21.2. The molecule has 1 N–H and O–H groups in total. The van der Waals surface area contributed by atoms with E-state index in [0.29, 0.717) is 11.4 Å². The minimum Gasteiger partial charge on any atom is -0.452 e. The summed E-state index contributed by atoms with van der Waals surface area (Å²) < 4.78 is 5.28. The number of benzene rings is 1. The first-order valence-electron chi connectivity index (χ1n) is 9.30. The van der Waals surface area contributed by atoms with Crippen LogP contribution in [0.1, 0.15) is 39.0 Å². The van der Waals surface area contributed by atoms with Gasteiger partial charge in [0.1, 0.15) is 5.01 Å². The molecular weight excluding hydrogens is 404 g/mol. The van der Waals surface area contributed by atoms with Crippen molar-refractivity contribution in [2.75, 3.05) is 5.32 Å². The average Bonchev–Trinajstić information content (AvgIpc) is 3.32. The van der Waals surface area contributed by atoms with Gasteiger partial charge in [0.2, 0.25) is 0 Å². The molecule has 2 aromatic heterocycles. The molecule has 2 heterocycles. The summed E-state index contributed by atoms with van der Waals surface area (Å²) in [5, 5.41) is 9.50. The van der Waals surface area contributed by atoms with E-state index in [0.717, 1.165) is 10.6 Å². The number of thiophene rings is 1. The van der Waals surface area contributed by atoms with E-state index >= 15 is 0 Å². The van der Waals surface area contributed by atoms with E-state index in [-0.39, 0.29) is 17.7 Å². The van der Waals surface area contributed by atoms with Crippen LogP contribution in [0.3, 0.4) is 0 Å². The Hall–Kier alpha value is -2.51. The highest BCUT2D eigenvalue weighted by Gasteiger charge is 2.20. The van der Waals surface area contributed by atoms with Crippen LogP contribution < -0.4 is 5.32 Å². The quantitative estimate of drug-likeness (QED) is 0.542. The Morgan fingerprint density at radius 2 is 1.86 bits per heavy atom. The summed E-state index contributed by atoms with van der Waals surface area (Å²) in [5.41, 5.74) is 3.59. The van der Waals surface area contributed by atoms with Crippen molar-refractivity contribution < 1.29 is 14.3 Å². The summed E-state index contributed by atoms with van der Waals surface area (Å²) in [6.07, 6.45) is -0.849. The number of hydrogen-bond acceptors (Lipinski definition) is 6. The second-order valence-corrected chi connectivity index (χ2v) is 9.42. The lowest BCUT2D eigenvalue weighted by molar-refractivity contribution is -0.152. The maximum atomic E-state index is 12.3. The lowest BCUT2D eigenvalue weighted by Crippen LogP contribution is -2.30. The van der Waals surface area contributed by atoms with E-state index in [9.17, 15) is 9.59 Å². The van der Waals surface area contributed by atoms with Gasteiger partial charge in [0.25, 0.3) is 5.91 Å². The molecule has 1 unspecified atom stereocenters. The van der Waals surface area contributed by atoms with E-state index in [4.69, 9.17) is 4.74 Å². The third-order valence-electron chi connectivity index (χ3n) is 4.34. The molecule has 0 saturated carbocycles. The number of ether oxygens (including phenoxy) is 1. The monoisotopic (exact) mass is 428 g/mol. The maximum absolute atomic E-state index is 12.3. The average molecular weight is 429 g/mol. The highest BCUT2D eigenvalue weighted by atomic mass is 32.1. The number of nitrogens with zero attached hydrogens (tertiary/aromatic N) is 1. The normalized spacial score (nSPS) is 12.4. The summed E-state index contributed by atoms with van der Waals surface area (Å²) in [4.78, 5) is 29.0. The number of esters is 1. The van der Waals surface area contributed by atoms with Crippen molar-refractivity contribution in [3.05, 3.63) is 57.7 Å². The van der Waals surface area contributed by atoms with Crippen molar-refractivity contribution in [1.82, 2.24) is 4.98 Å². The van der Waals surface area contributed by atoms with Crippen molar-refractivity contribution in [3.8, 4) is 10.6 Å². The molecule has 0 aliphatic carbocycles. The minimum atomic E-state index is -0.889. The molecule has 0 spiro atoms. The number of anilines is 1.